The molecule has 112 valence electrons. The third-order valence-corrected chi connectivity index (χ3v) is 4.35. The van der Waals surface area contributed by atoms with Crippen molar-refractivity contribution in [1.82, 2.24) is 5.32 Å². The summed E-state index contributed by atoms with van der Waals surface area (Å²) in [6.45, 7) is 7.02. The number of ether oxygens (including phenoxy) is 2. The van der Waals surface area contributed by atoms with Gasteiger partial charge >= 0.3 is 0 Å². The van der Waals surface area contributed by atoms with E-state index < -0.39 is 0 Å². The lowest BCUT2D eigenvalue weighted by molar-refractivity contribution is -0.0328. The van der Waals surface area contributed by atoms with Crippen LogP contribution in [-0.4, -0.2) is 25.4 Å². The molecule has 3 nitrogen and oxygen atoms in total. The predicted molar refractivity (Wildman–Crippen MR) is 85.3 cm³/mol. The standard InChI is InChI=1S/C16H24BrNO2/c1-11(18-4)14-6-5-12(17)9-15(14)19-10-13-7-8-16(2,3)20-13/h5-6,9,11,13,18H,7-8,10H2,1-4H3. The SMILES string of the molecule is CNC(C)c1ccc(Br)cc1OCC1CCC(C)(C)O1. The van der Waals surface area contributed by atoms with Crippen LogP contribution in [0.15, 0.2) is 22.7 Å². The second kappa shape index (κ2) is 6.46. The largest absolute Gasteiger partial charge is 0.490 e. The fraction of sp³-hybridized carbons (Fsp3) is 0.625. The number of hydrogen-bond donors (Lipinski definition) is 1. The Morgan fingerprint density at radius 2 is 2.25 bits per heavy atom. The van der Waals surface area contributed by atoms with E-state index in [1.54, 1.807) is 0 Å². The minimum atomic E-state index is -0.00755. The Labute approximate surface area is 130 Å². The minimum Gasteiger partial charge on any atom is -0.490 e. The van der Waals surface area contributed by atoms with E-state index >= 15 is 0 Å². The fourth-order valence-electron chi connectivity index (χ4n) is 2.52. The van der Waals surface area contributed by atoms with Gasteiger partial charge in [-0.2, -0.15) is 0 Å². The van der Waals surface area contributed by atoms with Crippen molar-refractivity contribution >= 4 is 15.9 Å². The van der Waals surface area contributed by atoms with Crippen LogP contribution >= 0.6 is 15.9 Å². The van der Waals surface area contributed by atoms with E-state index in [-0.39, 0.29) is 17.7 Å². The van der Waals surface area contributed by atoms with Gasteiger partial charge in [-0.3, -0.25) is 0 Å². The van der Waals surface area contributed by atoms with Crippen LogP contribution in [0.2, 0.25) is 0 Å². The van der Waals surface area contributed by atoms with Gasteiger partial charge in [0, 0.05) is 16.1 Å². The van der Waals surface area contributed by atoms with Crippen LogP contribution in [0.4, 0.5) is 0 Å². The van der Waals surface area contributed by atoms with E-state index in [1.165, 1.54) is 5.56 Å². The number of nitrogens with one attached hydrogen (secondary N) is 1. The van der Waals surface area contributed by atoms with Crippen molar-refractivity contribution in [1.29, 1.82) is 0 Å². The summed E-state index contributed by atoms with van der Waals surface area (Å²) in [4.78, 5) is 0. The predicted octanol–water partition coefficient (Wildman–Crippen LogP) is 4.07. The highest BCUT2D eigenvalue weighted by Gasteiger charge is 2.32. The van der Waals surface area contributed by atoms with Crippen LogP contribution in [0.25, 0.3) is 0 Å². The van der Waals surface area contributed by atoms with Gasteiger partial charge in [-0.1, -0.05) is 22.0 Å². The lowest BCUT2D eigenvalue weighted by atomic mass is 10.1. The molecule has 1 saturated heterocycles. The number of benzene rings is 1. The van der Waals surface area contributed by atoms with Crippen molar-refractivity contribution in [3.8, 4) is 5.75 Å². The maximum absolute atomic E-state index is 6.02. The van der Waals surface area contributed by atoms with Gasteiger partial charge in [-0.05, 0) is 52.8 Å². The molecule has 0 amide bonds. The van der Waals surface area contributed by atoms with Crippen molar-refractivity contribution < 1.29 is 9.47 Å². The van der Waals surface area contributed by atoms with Crippen LogP contribution in [0.1, 0.15) is 45.2 Å². The molecule has 1 heterocycles. The molecule has 0 radical (unpaired) electrons. The minimum absolute atomic E-state index is 0.00755. The Morgan fingerprint density at radius 1 is 1.50 bits per heavy atom. The van der Waals surface area contributed by atoms with Crippen LogP contribution in [0, 0.1) is 0 Å². The zero-order chi connectivity index (χ0) is 14.8. The maximum atomic E-state index is 6.02. The first-order valence-corrected chi connectivity index (χ1v) is 7.98. The lowest BCUT2D eigenvalue weighted by Gasteiger charge is -2.21. The molecule has 1 fully saturated rings. The third-order valence-electron chi connectivity index (χ3n) is 3.85. The van der Waals surface area contributed by atoms with Gasteiger partial charge in [-0.15, -0.1) is 0 Å². The molecule has 0 spiro atoms. The van der Waals surface area contributed by atoms with Gasteiger partial charge in [0.1, 0.15) is 12.4 Å². The molecular formula is C16H24BrNO2. The average molecular weight is 342 g/mol. The zero-order valence-electron chi connectivity index (χ0n) is 12.7. The summed E-state index contributed by atoms with van der Waals surface area (Å²) in [5, 5.41) is 3.26. The monoisotopic (exact) mass is 341 g/mol. The molecule has 1 aliphatic rings. The second-order valence-corrected chi connectivity index (χ2v) is 6.96. The molecule has 1 aromatic carbocycles. The summed E-state index contributed by atoms with van der Waals surface area (Å²) in [6, 6.07) is 6.44. The Hall–Kier alpha value is -0.580. The number of halogens is 1. The number of rotatable bonds is 5. The van der Waals surface area contributed by atoms with Crippen molar-refractivity contribution in [2.45, 2.75) is 51.4 Å². The van der Waals surface area contributed by atoms with Crippen LogP contribution in [0.3, 0.4) is 0 Å². The van der Waals surface area contributed by atoms with Crippen molar-refractivity contribution in [3.63, 3.8) is 0 Å². The van der Waals surface area contributed by atoms with Gasteiger partial charge < -0.3 is 14.8 Å². The summed E-state index contributed by atoms with van der Waals surface area (Å²) >= 11 is 3.51. The molecule has 0 bridgehead atoms. The summed E-state index contributed by atoms with van der Waals surface area (Å²) in [5.74, 6) is 0.925. The third kappa shape index (κ3) is 3.96. The van der Waals surface area contributed by atoms with Crippen molar-refractivity contribution in [2.24, 2.45) is 0 Å². The van der Waals surface area contributed by atoms with Gasteiger partial charge in [0.15, 0.2) is 0 Å². The molecule has 4 heteroatoms. The Kier molecular flexibility index (Phi) is 5.10. The van der Waals surface area contributed by atoms with Crippen molar-refractivity contribution in [2.75, 3.05) is 13.7 Å². The molecule has 1 aromatic rings. The molecule has 0 aromatic heterocycles. The average Bonchev–Trinajstić information content (AvgIpc) is 2.75. The summed E-state index contributed by atoms with van der Waals surface area (Å²) in [7, 11) is 1.96. The zero-order valence-corrected chi connectivity index (χ0v) is 14.3. The molecular weight excluding hydrogens is 318 g/mol. The van der Waals surface area contributed by atoms with Gasteiger partial charge in [-0.25, -0.2) is 0 Å². The topological polar surface area (TPSA) is 30.5 Å². The van der Waals surface area contributed by atoms with Crippen LogP contribution in [-0.2, 0) is 4.74 Å². The fourth-order valence-corrected chi connectivity index (χ4v) is 2.86. The summed E-state index contributed by atoms with van der Waals surface area (Å²) in [5.41, 5.74) is 1.17. The highest BCUT2D eigenvalue weighted by atomic mass is 79.9. The maximum Gasteiger partial charge on any atom is 0.125 e. The Balaban J connectivity index is 2.03. The molecule has 0 aliphatic carbocycles. The quantitative estimate of drug-likeness (QED) is 0.875. The normalized spacial score (nSPS) is 22.8. The molecule has 2 rings (SSSR count). The van der Waals surface area contributed by atoms with E-state index in [2.05, 4.69) is 48.1 Å². The highest BCUT2D eigenvalue weighted by Crippen LogP contribution is 2.32. The molecule has 2 atom stereocenters. The molecule has 1 N–H and O–H groups in total. The van der Waals surface area contributed by atoms with Crippen LogP contribution in [0.5, 0.6) is 5.75 Å². The molecule has 1 aliphatic heterocycles. The first-order valence-electron chi connectivity index (χ1n) is 7.18. The smallest absolute Gasteiger partial charge is 0.125 e. The Bertz CT molecular complexity index is 462. The first-order chi connectivity index (χ1) is 9.41. The highest BCUT2D eigenvalue weighted by molar-refractivity contribution is 9.10. The number of hydrogen-bond acceptors (Lipinski definition) is 3. The van der Waals surface area contributed by atoms with E-state index in [0.717, 1.165) is 23.1 Å². The van der Waals surface area contributed by atoms with Gasteiger partial charge in [0.2, 0.25) is 0 Å². The molecule has 0 saturated carbocycles. The van der Waals surface area contributed by atoms with E-state index in [0.29, 0.717) is 6.61 Å². The van der Waals surface area contributed by atoms with Crippen LogP contribution < -0.4 is 10.1 Å². The Morgan fingerprint density at radius 3 is 2.85 bits per heavy atom. The van der Waals surface area contributed by atoms with Crippen molar-refractivity contribution in [3.05, 3.63) is 28.2 Å². The van der Waals surface area contributed by atoms with E-state index in [9.17, 15) is 0 Å². The lowest BCUT2D eigenvalue weighted by Crippen LogP contribution is -2.24. The first kappa shape index (κ1) is 15.8. The summed E-state index contributed by atoms with van der Waals surface area (Å²) in [6.07, 6.45) is 2.36. The van der Waals surface area contributed by atoms with Gasteiger partial charge in [0.05, 0.1) is 11.7 Å². The van der Waals surface area contributed by atoms with Gasteiger partial charge in [0.25, 0.3) is 0 Å². The van der Waals surface area contributed by atoms with E-state index in [1.807, 2.05) is 19.2 Å². The summed E-state index contributed by atoms with van der Waals surface area (Å²) < 4.78 is 13.0. The van der Waals surface area contributed by atoms with E-state index in [4.69, 9.17) is 9.47 Å². The second-order valence-electron chi connectivity index (χ2n) is 6.04. The molecule has 20 heavy (non-hydrogen) atoms. The molecule has 2 unspecified atom stereocenters.